The first-order chi connectivity index (χ1) is 12.0. The third-order valence-corrected chi connectivity index (χ3v) is 6.40. The molecule has 1 aliphatic rings. The molecule has 136 valence electrons. The van der Waals surface area contributed by atoms with Crippen molar-refractivity contribution in [2.45, 2.75) is 56.5 Å². The lowest BCUT2D eigenvalue weighted by Crippen LogP contribution is -2.46. The molecule has 6 nitrogen and oxygen atoms in total. The lowest BCUT2D eigenvalue weighted by molar-refractivity contribution is -0.121. The van der Waals surface area contributed by atoms with Crippen LogP contribution in [0.1, 0.15) is 40.0 Å². The minimum Gasteiger partial charge on any atom is -0.461 e. The molecule has 1 N–H and O–H groups in total. The quantitative estimate of drug-likeness (QED) is 0.824. The second-order valence-corrected chi connectivity index (χ2v) is 8.29. The maximum Gasteiger partial charge on any atom is 0.233 e. The molecule has 0 aromatic carbocycles. The van der Waals surface area contributed by atoms with Gasteiger partial charge in [-0.25, -0.2) is 0 Å². The zero-order chi connectivity index (χ0) is 18.0. The van der Waals surface area contributed by atoms with Crippen molar-refractivity contribution in [1.82, 2.24) is 20.1 Å². The molecule has 25 heavy (non-hydrogen) atoms. The fourth-order valence-corrected chi connectivity index (χ4v) is 4.16. The van der Waals surface area contributed by atoms with Crippen LogP contribution in [0.25, 0.3) is 11.6 Å². The van der Waals surface area contributed by atoms with E-state index in [0.29, 0.717) is 28.6 Å². The van der Waals surface area contributed by atoms with E-state index in [-0.39, 0.29) is 17.2 Å². The van der Waals surface area contributed by atoms with Crippen LogP contribution < -0.4 is 5.32 Å². The maximum atomic E-state index is 12.6. The summed E-state index contributed by atoms with van der Waals surface area (Å²) in [5, 5.41) is 12.1. The number of amides is 1. The monoisotopic (exact) mass is 362 g/mol. The molecule has 0 unspecified atom stereocenters. The van der Waals surface area contributed by atoms with Crippen molar-refractivity contribution in [3.63, 3.8) is 0 Å². The highest BCUT2D eigenvalue weighted by Crippen LogP contribution is 2.30. The number of hydrogen-bond donors (Lipinski definition) is 1. The minimum absolute atomic E-state index is 0.0681. The summed E-state index contributed by atoms with van der Waals surface area (Å²) in [5.41, 5.74) is 0. The van der Waals surface area contributed by atoms with E-state index in [1.165, 1.54) is 24.6 Å². The van der Waals surface area contributed by atoms with Crippen molar-refractivity contribution < 1.29 is 9.21 Å². The topological polar surface area (TPSA) is 73.0 Å². The number of rotatable bonds is 5. The number of aromatic nitrogens is 3. The van der Waals surface area contributed by atoms with E-state index in [1.54, 1.807) is 6.26 Å². The Bertz CT molecular complexity index is 713. The highest BCUT2D eigenvalue weighted by Gasteiger charge is 2.30. The van der Waals surface area contributed by atoms with Gasteiger partial charge in [0.25, 0.3) is 0 Å². The fourth-order valence-electron chi connectivity index (χ4n) is 3.34. The molecule has 0 aliphatic heterocycles. The van der Waals surface area contributed by atoms with Crippen LogP contribution in [0.4, 0.5) is 0 Å². The van der Waals surface area contributed by atoms with Crippen LogP contribution in [0.3, 0.4) is 0 Å². The molecule has 4 atom stereocenters. The Kier molecular flexibility index (Phi) is 5.51. The van der Waals surface area contributed by atoms with Gasteiger partial charge in [0, 0.05) is 13.1 Å². The normalized spacial score (nSPS) is 24.9. The Morgan fingerprint density at radius 1 is 1.40 bits per heavy atom. The highest BCUT2D eigenvalue weighted by atomic mass is 32.2. The van der Waals surface area contributed by atoms with E-state index in [4.69, 9.17) is 4.42 Å². The van der Waals surface area contributed by atoms with Crippen LogP contribution in [-0.4, -0.2) is 32.0 Å². The van der Waals surface area contributed by atoms with E-state index < -0.39 is 0 Å². The number of carbonyl (C=O) groups is 1. The van der Waals surface area contributed by atoms with Crippen LogP contribution >= 0.6 is 11.8 Å². The SMILES string of the molecule is C[C@@H]1[C@@H](C)CCC[C@H]1NC(=O)[C@H](C)Sc1nnc(-c2ccco2)n1C. The van der Waals surface area contributed by atoms with Crippen molar-refractivity contribution in [3.05, 3.63) is 18.4 Å². The molecular weight excluding hydrogens is 336 g/mol. The molecule has 3 rings (SSSR count). The summed E-state index contributed by atoms with van der Waals surface area (Å²) in [7, 11) is 1.88. The van der Waals surface area contributed by atoms with E-state index >= 15 is 0 Å². The third kappa shape index (κ3) is 3.92. The molecular formula is C18H26N4O2S. The zero-order valence-electron chi connectivity index (χ0n) is 15.2. The van der Waals surface area contributed by atoms with Crippen molar-refractivity contribution in [3.8, 4) is 11.6 Å². The molecule has 0 saturated heterocycles. The van der Waals surface area contributed by atoms with Gasteiger partial charge < -0.3 is 14.3 Å². The van der Waals surface area contributed by atoms with E-state index in [9.17, 15) is 4.79 Å². The molecule has 2 aromatic rings. The smallest absolute Gasteiger partial charge is 0.233 e. The molecule has 7 heteroatoms. The Morgan fingerprint density at radius 2 is 2.20 bits per heavy atom. The van der Waals surface area contributed by atoms with Gasteiger partial charge in [0.2, 0.25) is 5.91 Å². The average molecular weight is 362 g/mol. The van der Waals surface area contributed by atoms with Crippen LogP contribution in [0.5, 0.6) is 0 Å². The van der Waals surface area contributed by atoms with Crippen LogP contribution in [-0.2, 0) is 11.8 Å². The summed E-state index contributed by atoms with van der Waals surface area (Å²) in [6.45, 7) is 6.43. The Balaban J connectivity index is 1.62. The highest BCUT2D eigenvalue weighted by molar-refractivity contribution is 8.00. The van der Waals surface area contributed by atoms with E-state index in [0.717, 1.165) is 6.42 Å². The minimum atomic E-state index is -0.225. The summed E-state index contributed by atoms with van der Waals surface area (Å²) >= 11 is 1.42. The first-order valence-corrected chi connectivity index (χ1v) is 9.75. The van der Waals surface area contributed by atoms with Gasteiger partial charge in [0.1, 0.15) is 0 Å². The number of furan rings is 1. The number of carbonyl (C=O) groups excluding carboxylic acids is 1. The molecule has 2 aromatic heterocycles. The van der Waals surface area contributed by atoms with Gasteiger partial charge in [-0.05, 0) is 37.3 Å². The van der Waals surface area contributed by atoms with Gasteiger partial charge in [-0.1, -0.05) is 38.5 Å². The van der Waals surface area contributed by atoms with Gasteiger partial charge in [-0.3, -0.25) is 4.79 Å². The molecule has 1 amide bonds. The molecule has 1 aliphatic carbocycles. The molecule has 1 saturated carbocycles. The van der Waals surface area contributed by atoms with E-state index in [1.807, 2.05) is 30.7 Å². The first kappa shape index (κ1) is 18.0. The predicted molar refractivity (Wildman–Crippen MR) is 98.1 cm³/mol. The second-order valence-electron chi connectivity index (χ2n) is 6.98. The van der Waals surface area contributed by atoms with Gasteiger partial charge >= 0.3 is 0 Å². The summed E-state index contributed by atoms with van der Waals surface area (Å²) < 4.78 is 7.24. The van der Waals surface area contributed by atoms with Gasteiger partial charge in [0.05, 0.1) is 11.5 Å². The van der Waals surface area contributed by atoms with Crippen molar-refractivity contribution in [2.24, 2.45) is 18.9 Å². The lowest BCUT2D eigenvalue weighted by Gasteiger charge is -2.35. The summed E-state index contributed by atoms with van der Waals surface area (Å²) in [6, 6.07) is 3.94. The average Bonchev–Trinajstić information content (AvgIpc) is 3.22. The number of nitrogens with zero attached hydrogens (tertiary/aromatic N) is 3. The van der Waals surface area contributed by atoms with Crippen LogP contribution in [0.2, 0.25) is 0 Å². The van der Waals surface area contributed by atoms with Crippen molar-refractivity contribution in [2.75, 3.05) is 0 Å². The van der Waals surface area contributed by atoms with Gasteiger partial charge in [0.15, 0.2) is 16.7 Å². The summed E-state index contributed by atoms with van der Waals surface area (Å²) in [5.74, 6) is 2.59. The van der Waals surface area contributed by atoms with E-state index in [2.05, 4.69) is 29.4 Å². The van der Waals surface area contributed by atoms with Crippen LogP contribution in [0.15, 0.2) is 28.0 Å². The third-order valence-electron chi connectivity index (χ3n) is 5.26. The van der Waals surface area contributed by atoms with Crippen molar-refractivity contribution >= 4 is 17.7 Å². The van der Waals surface area contributed by atoms with Crippen LogP contribution in [0, 0.1) is 11.8 Å². The van der Waals surface area contributed by atoms with Gasteiger partial charge in [-0.15, -0.1) is 10.2 Å². The number of thioether (sulfide) groups is 1. The molecule has 1 fully saturated rings. The molecule has 2 heterocycles. The Hall–Kier alpha value is -1.76. The van der Waals surface area contributed by atoms with Gasteiger partial charge in [-0.2, -0.15) is 0 Å². The Labute approximate surface area is 152 Å². The standard InChI is InChI=1S/C18H26N4O2S/c1-11-7-5-8-14(12(11)2)19-17(23)13(3)25-18-21-20-16(22(18)4)15-9-6-10-24-15/h6,9-14H,5,7-8H2,1-4H3,(H,19,23)/t11-,12+,13-,14+/m0/s1. The predicted octanol–water partition coefficient (Wildman–Crippen LogP) is 3.50. The lowest BCUT2D eigenvalue weighted by atomic mass is 9.78. The van der Waals surface area contributed by atoms with Crippen molar-refractivity contribution in [1.29, 1.82) is 0 Å². The number of nitrogens with one attached hydrogen (secondary N) is 1. The molecule has 0 bridgehead atoms. The Morgan fingerprint density at radius 3 is 2.92 bits per heavy atom. The summed E-state index contributed by atoms with van der Waals surface area (Å²) in [4.78, 5) is 12.6. The first-order valence-electron chi connectivity index (χ1n) is 8.87. The zero-order valence-corrected chi connectivity index (χ0v) is 16.0. The summed E-state index contributed by atoms with van der Waals surface area (Å²) in [6.07, 6.45) is 5.13. The fraction of sp³-hybridized carbons (Fsp3) is 0.611. The second kappa shape index (κ2) is 7.64. The largest absolute Gasteiger partial charge is 0.461 e. The maximum absolute atomic E-state index is 12.6. The number of hydrogen-bond acceptors (Lipinski definition) is 5. The molecule has 0 radical (unpaired) electrons. The molecule has 0 spiro atoms.